The van der Waals surface area contributed by atoms with Crippen LogP contribution in [0.25, 0.3) is 0 Å². The number of sulfonamides is 1. The second-order valence-corrected chi connectivity index (χ2v) is 14.0. The molecule has 0 heterocycles. The van der Waals surface area contributed by atoms with E-state index >= 15 is 0 Å². The lowest BCUT2D eigenvalue weighted by Gasteiger charge is -2.34. The molecule has 4 rings (SSSR count). The molecule has 1 N–H and O–H groups in total. The first-order valence-corrected chi connectivity index (χ1v) is 17.5. The van der Waals surface area contributed by atoms with E-state index in [-0.39, 0.29) is 29.5 Å². The molecule has 7 nitrogen and oxygen atoms in total. The van der Waals surface area contributed by atoms with Gasteiger partial charge in [0.15, 0.2) is 0 Å². The Bertz CT molecular complexity index is 1760. The normalized spacial score (nSPS) is 11.9. The summed E-state index contributed by atoms with van der Waals surface area (Å²) in [6.45, 7) is 3.53. The van der Waals surface area contributed by atoms with Gasteiger partial charge in [-0.15, -0.1) is 0 Å². The number of rotatable bonds is 14. The molecule has 0 bridgehead atoms. The van der Waals surface area contributed by atoms with Crippen LogP contribution in [0, 0.1) is 6.92 Å². The Morgan fingerprint density at radius 2 is 1.48 bits per heavy atom. The molecule has 0 aliphatic heterocycles. The number of hydrogen-bond acceptors (Lipinski definition) is 4. The first-order valence-electron chi connectivity index (χ1n) is 14.9. The number of nitrogens with one attached hydrogen (secondary N) is 1. The predicted octanol–water partition coefficient (Wildman–Crippen LogP) is 7.71. The van der Waals surface area contributed by atoms with Crippen LogP contribution < -0.4 is 9.62 Å². The summed E-state index contributed by atoms with van der Waals surface area (Å²) < 4.78 is 29.4. The van der Waals surface area contributed by atoms with Crippen LogP contribution in [0.5, 0.6) is 0 Å². The Morgan fingerprint density at radius 1 is 0.848 bits per heavy atom. The van der Waals surface area contributed by atoms with Crippen LogP contribution in [0.3, 0.4) is 0 Å². The lowest BCUT2D eigenvalue weighted by atomic mass is 10.0. The topological polar surface area (TPSA) is 86.8 Å². The quantitative estimate of drug-likeness (QED) is 0.137. The molecule has 0 aromatic heterocycles. The highest BCUT2D eigenvalue weighted by Crippen LogP contribution is 2.30. The van der Waals surface area contributed by atoms with Crippen molar-refractivity contribution in [2.45, 2.75) is 50.6 Å². The first-order chi connectivity index (χ1) is 22.0. The number of halogens is 3. The third-order valence-electron chi connectivity index (χ3n) is 7.49. The molecule has 0 unspecified atom stereocenters. The summed E-state index contributed by atoms with van der Waals surface area (Å²) in [6.07, 6.45) is 1.83. The Labute approximate surface area is 286 Å². The molecular formula is C35H36Cl3N3O4S. The maximum Gasteiger partial charge on any atom is 0.264 e. The fourth-order valence-electron chi connectivity index (χ4n) is 5.03. The summed E-state index contributed by atoms with van der Waals surface area (Å²) in [5.74, 6) is -0.942. The van der Waals surface area contributed by atoms with Crippen LogP contribution in [0.1, 0.15) is 36.5 Å². The average Bonchev–Trinajstić information content (AvgIpc) is 3.03. The highest BCUT2D eigenvalue weighted by atomic mass is 35.5. The number of nitrogens with zero attached hydrogens (tertiary/aromatic N) is 2. The molecule has 11 heteroatoms. The van der Waals surface area contributed by atoms with Gasteiger partial charge in [-0.1, -0.05) is 103 Å². The molecule has 46 heavy (non-hydrogen) atoms. The molecule has 1 atom stereocenters. The van der Waals surface area contributed by atoms with E-state index in [4.69, 9.17) is 34.8 Å². The van der Waals surface area contributed by atoms with Crippen molar-refractivity contribution >= 4 is 62.3 Å². The van der Waals surface area contributed by atoms with Gasteiger partial charge < -0.3 is 10.2 Å². The maximum atomic E-state index is 14.6. The van der Waals surface area contributed by atoms with Gasteiger partial charge in [0.05, 0.1) is 10.6 Å². The molecule has 0 radical (unpaired) electrons. The monoisotopic (exact) mass is 699 g/mol. The molecule has 4 aromatic carbocycles. The summed E-state index contributed by atoms with van der Waals surface area (Å²) >= 11 is 19.0. The minimum absolute atomic E-state index is 0.0163. The van der Waals surface area contributed by atoms with Crippen molar-refractivity contribution in [2.75, 3.05) is 17.4 Å². The van der Waals surface area contributed by atoms with Crippen molar-refractivity contribution in [3.05, 3.63) is 129 Å². The second kappa shape index (κ2) is 16.3. The van der Waals surface area contributed by atoms with E-state index in [1.807, 2.05) is 37.3 Å². The summed E-state index contributed by atoms with van der Waals surface area (Å²) in [5, 5.41) is 4.13. The van der Waals surface area contributed by atoms with Crippen LogP contribution in [-0.2, 0) is 32.6 Å². The molecule has 4 aromatic rings. The van der Waals surface area contributed by atoms with Crippen molar-refractivity contribution in [3.63, 3.8) is 0 Å². The number of hydrogen-bond donors (Lipinski definition) is 1. The zero-order valence-corrected chi connectivity index (χ0v) is 28.7. The van der Waals surface area contributed by atoms with E-state index in [9.17, 15) is 18.0 Å². The second-order valence-electron chi connectivity index (χ2n) is 10.9. The molecule has 0 spiro atoms. The lowest BCUT2D eigenvalue weighted by molar-refractivity contribution is -0.140. The van der Waals surface area contributed by atoms with Gasteiger partial charge in [-0.25, -0.2) is 8.42 Å². The number of carbonyl (C=O) groups is 2. The number of benzene rings is 4. The van der Waals surface area contributed by atoms with Crippen molar-refractivity contribution in [1.29, 1.82) is 0 Å². The number of anilines is 1. The van der Waals surface area contributed by atoms with Crippen LogP contribution in [0.15, 0.2) is 102 Å². The SMILES string of the molecule is CCCCNC(=O)[C@@H](Cc1ccccc1)N(Cc1ccc(Cl)cc1Cl)C(=O)CN(c1ccc(Cl)cc1C)S(=O)(=O)c1ccccc1. The number of unbranched alkanes of at least 4 members (excludes halogenated alkanes) is 1. The van der Waals surface area contributed by atoms with Crippen LogP contribution >= 0.6 is 34.8 Å². The summed E-state index contributed by atoms with van der Waals surface area (Å²) in [5.41, 5.74) is 2.24. The fraction of sp³-hybridized carbons (Fsp3) is 0.257. The lowest BCUT2D eigenvalue weighted by Crippen LogP contribution is -2.53. The van der Waals surface area contributed by atoms with Crippen LogP contribution in [-0.4, -0.2) is 44.3 Å². The molecule has 2 amide bonds. The summed E-state index contributed by atoms with van der Waals surface area (Å²) in [4.78, 5) is 29.9. The molecular weight excluding hydrogens is 665 g/mol. The van der Waals surface area contributed by atoms with Crippen molar-refractivity contribution < 1.29 is 18.0 Å². The van der Waals surface area contributed by atoms with E-state index in [0.717, 1.165) is 22.7 Å². The minimum Gasteiger partial charge on any atom is -0.354 e. The molecule has 0 aliphatic rings. The van der Waals surface area contributed by atoms with E-state index in [0.29, 0.717) is 32.7 Å². The van der Waals surface area contributed by atoms with Gasteiger partial charge in [-0.3, -0.25) is 13.9 Å². The summed E-state index contributed by atoms with van der Waals surface area (Å²) in [7, 11) is -4.23. The van der Waals surface area contributed by atoms with Crippen molar-refractivity contribution in [1.82, 2.24) is 10.2 Å². The first kappa shape index (κ1) is 35.3. The van der Waals surface area contributed by atoms with E-state index in [2.05, 4.69) is 5.32 Å². The minimum atomic E-state index is -4.23. The zero-order chi connectivity index (χ0) is 33.3. The third-order valence-corrected chi connectivity index (χ3v) is 10.1. The Kier molecular flexibility index (Phi) is 12.5. The van der Waals surface area contributed by atoms with Gasteiger partial charge in [-0.2, -0.15) is 0 Å². The summed E-state index contributed by atoms with van der Waals surface area (Å²) in [6, 6.07) is 26.0. The van der Waals surface area contributed by atoms with E-state index < -0.39 is 28.5 Å². The van der Waals surface area contributed by atoms with Gasteiger partial charge in [0.1, 0.15) is 12.6 Å². The Hall–Kier alpha value is -3.56. The van der Waals surface area contributed by atoms with Crippen LogP contribution in [0.4, 0.5) is 5.69 Å². The van der Waals surface area contributed by atoms with Crippen molar-refractivity contribution in [3.8, 4) is 0 Å². The van der Waals surface area contributed by atoms with E-state index in [1.165, 1.54) is 17.0 Å². The van der Waals surface area contributed by atoms with Gasteiger partial charge in [0.25, 0.3) is 10.0 Å². The highest BCUT2D eigenvalue weighted by Gasteiger charge is 2.35. The maximum absolute atomic E-state index is 14.6. The Balaban J connectivity index is 1.83. The zero-order valence-electron chi connectivity index (χ0n) is 25.6. The van der Waals surface area contributed by atoms with E-state index in [1.54, 1.807) is 61.5 Å². The van der Waals surface area contributed by atoms with Gasteiger partial charge in [0, 0.05) is 34.6 Å². The predicted molar refractivity (Wildman–Crippen MR) is 186 cm³/mol. The van der Waals surface area contributed by atoms with Gasteiger partial charge >= 0.3 is 0 Å². The van der Waals surface area contributed by atoms with Crippen molar-refractivity contribution in [2.24, 2.45) is 0 Å². The molecule has 0 saturated heterocycles. The standard InChI is InChI=1S/C35H36Cl3N3O4S/c1-3-4-19-39-35(43)33(21-26-11-7-5-8-12-26)40(23-27-15-16-29(37)22-31(27)38)34(42)24-41(32-18-17-28(36)20-25(32)2)46(44,45)30-13-9-6-10-14-30/h5-18,20,22,33H,3-4,19,21,23-24H2,1-2H3,(H,39,43)/t33-/m1/s1. The highest BCUT2D eigenvalue weighted by molar-refractivity contribution is 7.92. The number of aryl methyl sites for hydroxylation is 1. The molecule has 242 valence electrons. The number of carbonyl (C=O) groups excluding carboxylic acids is 2. The third kappa shape index (κ3) is 9.04. The number of amides is 2. The molecule has 0 saturated carbocycles. The molecule has 0 fully saturated rings. The Morgan fingerprint density at radius 3 is 2.11 bits per heavy atom. The van der Waals surface area contributed by atoms with Gasteiger partial charge in [-0.05, 0) is 72.5 Å². The smallest absolute Gasteiger partial charge is 0.264 e. The average molecular weight is 701 g/mol. The van der Waals surface area contributed by atoms with Crippen LogP contribution in [0.2, 0.25) is 15.1 Å². The molecule has 0 aliphatic carbocycles. The van der Waals surface area contributed by atoms with Gasteiger partial charge in [0.2, 0.25) is 11.8 Å². The fourth-order valence-corrected chi connectivity index (χ4v) is 7.22. The largest absolute Gasteiger partial charge is 0.354 e.